The molecule has 0 radical (unpaired) electrons. The van der Waals surface area contributed by atoms with Crippen molar-refractivity contribution in [2.75, 3.05) is 19.7 Å². The maximum absolute atomic E-state index is 13.2. The Bertz CT molecular complexity index is 334. The van der Waals surface area contributed by atoms with Gasteiger partial charge in [0.15, 0.2) is 0 Å². The van der Waals surface area contributed by atoms with Crippen LogP contribution in [0.15, 0.2) is 18.2 Å². The Morgan fingerprint density at radius 3 is 2.75 bits per heavy atom. The molecule has 1 atom stereocenters. The minimum Gasteiger partial charge on any atom is -0.395 e. The highest BCUT2D eigenvalue weighted by Gasteiger charge is 2.04. The zero-order valence-electron chi connectivity index (χ0n) is 8.92. The normalized spacial score (nSPS) is 12.8. The SMILES string of the molecule is NC(CO)CNCCc1ccc(F)cc1F. The molecule has 0 amide bonds. The van der Waals surface area contributed by atoms with E-state index in [2.05, 4.69) is 5.32 Å². The number of nitrogens with one attached hydrogen (secondary N) is 1. The molecule has 0 saturated heterocycles. The van der Waals surface area contributed by atoms with Gasteiger partial charge in [0.1, 0.15) is 11.6 Å². The predicted octanol–water partition coefficient (Wildman–Crippen LogP) is 0.417. The van der Waals surface area contributed by atoms with Crippen LogP contribution in [0.3, 0.4) is 0 Å². The maximum Gasteiger partial charge on any atom is 0.129 e. The van der Waals surface area contributed by atoms with Gasteiger partial charge in [-0.25, -0.2) is 8.78 Å². The summed E-state index contributed by atoms with van der Waals surface area (Å²) in [5.41, 5.74) is 5.93. The summed E-state index contributed by atoms with van der Waals surface area (Å²) in [4.78, 5) is 0. The molecule has 0 heterocycles. The quantitative estimate of drug-likeness (QED) is 0.621. The van der Waals surface area contributed by atoms with Gasteiger partial charge in [-0.3, -0.25) is 0 Å². The fourth-order valence-corrected chi connectivity index (χ4v) is 1.30. The van der Waals surface area contributed by atoms with Crippen molar-refractivity contribution in [2.45, 2.75) is 12.5 Å². The summed E-state index contributed by atoms with van der Waals surface area (Å²) in [7, 11) is 0. The van der Waals surface area contributed by atoms with Crippen molar-refractivity contribution < 1.29 is 13.9 Å². The fraction of sp³-hybridized carbons (Fsp3) is 0.455. The van der Waals surface area contributed by atoms with Crippen molar-refractivity contribution in [1.29, 1.82) is 0 Å². The Hall–Kier alpha value is -1.04. The molecular formula is C11H16F2N2O. The number of benzene rings is 1. The summed E-state index contributed by atoms with van der Waals surface area (Å²) in [5, 5.41) is 11.6. The van der Waals surface area contributed by atoms with E-state index in [0.29, 0.717) is 25.1 Å². The molecule has 5 heteroatoms. The van der Waals surface area contributed by atoms with E-state index in [1.807, 2.05) is 0 Å². The lowest BCUT2D eigenvalue weighted by Crippen LogP contribution is -2.37. The van der Waals surface area contributed by atoms with Gasteiger partial charge >= 0.3 is 0 Å². The molecule has 16 heavy (non-hydrogen) atoms. The molecule has 1 aromatic rings. The van der Waals surface area contributed by atoms with Gasteiger partial charge in [-0.1, -0.05) is 6.07 Å². The van der Waals surface area contributed by atoms with Crippen molar-refractivity contribution in [1.82, 2.24) is 5.32 Å². The van der Waals surface area contributed by atoms with Crippen molar-refractivity contribution in [2.24, 2.45) is 5.73 Å². The number of aliphatic hydroxyl groups excluding tert-OH is 1. The first-order chi connectivity index (χ1) is 7.63. The molecule has 0 saturated carbocycles. The van der Waals surface area contributed by atoms with Crippen LogP contribution in [0, 0.1) is 11.6 Å². The summed E-state index contributed by atoms with van der Waals surface area (Å²) in [5.74, 6) is -1.11. The van der Waals surface area contributed by atoms with Gasteiger partial charge in [0.05, 0.1) is 6.61 Å². The molecular weight excluding hydrogens is 214 g/mol. The van der Waals surface area contributed by atoms with Crippen LogP contribution >= 0.6 is 0 Å². The summed E-state index contributed by atoms with van der Waals surface area (Å²) in [6.45, 7) is 0.924. The van der Waals surface area contributed by atoms with Gasteiger partial charge in [0.25, 0.3) is 0 Å². The van der Waals surface area contributed by atoms with Crippen LogP contribution in [-0.2, 0) is 6.42 Å². The number of rotatable bonds is 6. The zero-order chi connectivity index (χ0) is 12.0. The molecule has 90 valence electrons. The third-order valence-corrected chi connectivity index (χ3v) is 2.23. The molecule has 3 nitrogen and oxygen atoms in total. The molecule has 0 bridgehead atoms. The van der Waals surface area contributed by atoms with E-state index in [1.165, 1.54) is 12.1 Å². The summed E-state index contributed by atoms with van der Waals surface area (Å²) < 4.78 is 25.8. The second kappa shape index (κ2) is 6.52. The third kappa shape index (κ3) is 4.22. The largest absolute Gasteiger partial charge is 0.395 e. The van der Waals surface area contributed by atoms with E-state index >= 15 is 0 Å². The molecule has 1 aromatic carbocycles. The van der Waals surface area contributed by atoms with E-state index in [-0.39, 0.29) is 12.6 Å². The van der Waals surface area contributed by atoms with Gasteiger partial charge in [-0.05, 0) is 24.6 Å². The molecule has 0 aromatic heterocycles. The van der Waals surface area contributed by atoms with E-state index in [1.54, 1.807) is 0 Å². The van der Waals surface area contributed by atoms with E-state index in [9.17, 15) is 8.78 Å². The highest BCUT2D eigenvalue weighted by Crippen LogP contribution is 2.09. The Balaban J connectivity index is 2.32. The van der Waals surface area contributed by atoms with Crippen molar-refractivity contribution >= 4 is 0 Å². The number of hydrogen-bond donors (Lipinski definition) is 3. The van der Waals surface area contributed by atoms with Crippen molar-refractivity contribution in [3.8, 4) is 0 Å². The maximum atomic E-state index is 13.2. The van der Waals surface area contributed by atoms with Crippen molar-refractivity contribution in [3.63, 3.8) is 0 Å². The molecule has 0 fully saturated rings. The summed E-state index contributed by atoms with van der Waals surface area (Å²) in [6, 6.07) is 3.23. The van der Waals surface area contributed by atoms with Gasteiger partial charge in [-0.2, -0.15) is 0 Å². The van der Waals surface area contributed by atoms with Crippen LogP contribution in [0.1, 0.15) is 5.56 Å². The highest BCUT2D eigenvalue weighted by molar-refractivity contribution is 5.18. The minimum atomic E-state index is -0.573. The lowest BCUT2D eigenvalue weighted by atomic mass is 10.1. The van der Waals surface area contributed by atoms with E-state index in [4.69, 9.17) is 10.8 Å². The average Bonchev–Trinajstić information content (AvgIpc) is 2.26. The smallest absolute Gasteiger partial charge is 0.129 e. The lowest BCUT2D eigenvalue weighted by Gasteiger charge is -2.09. The van der Waals surface area contributed by atoms with Crippen LogP contribution in [0.25, 0.3) is 0 Å². The molecule has 1 rings (SSSR count). The van der Waals surface area contributed by atoms with Crippen LogP contribution in [0.4, 0.5) is 8.78 Å². The molecule has 0 aliphatic rings. The molecule has 1 unspecified atom stereocenters. The van der Waals surface area contributed by atoms with Gasteiger partial charge < -0.3 is 16.2 Å². The van der Waals surface area contributed by atoms with Crippen LogP contribution in [0.2, 0.25) is 0 Å². The first-order valence-electron chi connectivity index (χ1n) is 5.14. The van der Waals surface area contributed by atoms with E-state index in [0.717, 1.165) is 6.07 Å². The first kappa shape index (κ1) is 13.0. The topological polar surface area (TPSA) is 58.3 Å². The number of aliphatic hydroxyl groups is 1. The average molecular weight is 230 g/mol. The van der Waals surface area contributed by atoms with Crippen LogP contribution < -0.4 is 11.1 Å². The third-order valence-electron chi connectivity index (χ3n) is 2.23. The van der Waals surface area contributed by atoms with Gasteiger partial charge in [-0.15, -0.1) is 0 Å². The first-order valence-corrected chi connectivity index (χ1v) is 5.14. The van der Waals surface area contributed by atoms with Crippen LogP contribution in [0.5, 0.6) is 0 Å². The monoisotopic (exact) mass is 230 g/mol. The van der Waals surface area contributed by atoms with Crippen LogP contribution in [-0.4, -0.2) is 30.8 Å². The fourth-order valence-electron chi connectivity index (χ4n) is 1.30. The highest BCUT2D eigenvalue weighted by atomic mass is 19.1. The zero-order valence-corrected chi connectivity index (χ0v) is 8.92. The van der Waals surface area contributed by atoms with E-state index < -0.39 is 11.6 Å². The summed E-state index contributed by atoms with van der Waals surface area (Å²) >= 11 is 0. The lowest BCUT2D eigenvalue weighted by molar-refractivity contribution is 0.262. The Morgan fingerprint density at radius 2 is 2.12 bits per heavy atom. The van der Waals surface area contributed by atoms with Gasteiger partial charge in [0, 0.05) is 18.7 Å². The molecule has 0 aliphatic heterocycles. The standard InChI is InChI=1S/C11H16F2N2O/c12-9-2-1-8(11(13)5-9)3-4-15-6-10(14)7-16/h1-2,5,10,15-16H,3-4,6-7,14H2. The second-order valence-electron chi connectivity index (χ2n) is 3.63. The molecule has 0 aliphatic carbocycles. The Kier molecular flexibility index (Phi) is 5.31. The predicted molar refractivity (Wildman–Crippen MR) is 58.0 cm³/mol. The minimum absolute atomic E-state index is 0.0854. The molecule has 0 spiro atoms. The Labute approximate surface area is 93.3 Å². The molecule has 4 N–H and O–H groups in total. The summed E-state index contributed by atoms with van der Waals surface area (Å²) in [6.07, 6.45) is 0.463. The second-order valence-corrected chi connectivity index (χ2v) is 3.63. The number of hydrogen-bond acceptors (Lipinski definition) is 3. The van der Waals surface area contributed by atoms with Gasteiger partial charge in [0.2, 0.25) is 0 Å². The number of halogens is 2. The Morgan fingerprint density at radius 1 is 1.38 bits per heavy atom. The van der Waals surface area contributed by atoms with Crippen molar-refractivity contribution in [3.05, 3.63) is 35.4 Å². The number of nitrogens with two attached hydrogens (primary N) is 1.